The molecule has 6 heteroatoms. The summed E-state index contributed by atoms with van der Waals surface area (Å²) in [5, 5.41) is 5.45. The summed E-state index contributed by atoms with van der Waals surface area (Å²) in [5.41, 5.74) is -0.277. The van der Waals surface area contributed by atoms with Crippen molar-refractivity contribution in [1.29, 1.82) is 0 Å². The van der Waals surface area contributed by atoms with Gasteiger partial charge in [-0.05, 0) is 32.1 Å². The lowest BCUT2D eigenvalue weighted by atomic mass is 9.82. The van der Waals surface area contributed by atoms with Crippen molar-refractivity contribution in [2.24, 2.45) is 5.41 Å². The first kappa shape index (κ1) is 15.6. The molecule has 20 heavy (non-hydrogen) atoms. The maximum atomic E-state index is 12.5. The van der Waals surface area contributed by atoms with Gasteiger partial charge in [-0.25, -0.2) is 0 Å². The molecule has 0 aromatic carbocycles. The van der Waals surface area contributed by atoms with Crippen LogP contribution in [0, 0.1) is 5.41 Å². The zero-order valence-electron chi connectivity index (χ0n) is 11.9. The van der Waals surface area contributed by atoms with Gasteiger partial charge in [0.2, 0.25) is 5.91 Å². The molecule has 1 heterocycles. The van der Waals surface area contributed by atoms with E-state index in [9.17, 15) is 18.0 Å². The highest BCUT2D eigenvalue weighted by atomic mass is 19.4. The molecule has 2 atom stereocenters. The molecule has 1 saturated heterocycles. The van der Waals surface area contributed by atoms with Gasteiger partial charge < -0.3 is 10.6 Å². The standard InChI is InChI=1S/C14H23F3N2O/c1-2-13(7-3-4-8-13)12(20)19-10-5-6-11(18-9-10)14(15,16)17/h10-11,18H,2-9H2,1H3,(H,19,20). The minimum atomic E-state index is -4.19. The molecule has 1 saturated carbocycles. The molecule has 0 spiro atoms. The highest BCUT2D eigenvalue weighted by Crippen LogP contribution is 2.41. The van der Waals surface area contributed by atoms with Crippen LogP contribution in [0.2, 0.25) is 0 Å². The SMILES string of the molecule is CCC1(C(=O)NC2CCC(C(F)(F)F)NC2)CCCC1. The van der Waals surface area contributed by atoms with Crippen LogP contribution in [0.4, 0.5) is 13.2 Å². The molecule has 1 amide bonds. The van der Waals surface area contributed by atoms with Gasteiger partial charge in [0.05, 0.1) is 0 Å². The summed E-state index contributed by atoms with van der Waals surface area (Å²) >= 11 is 0. The van der Waals surface area contributed by atoms with Gasteiger partial charge in [0, 0.05) is 18.0 Å². The second-order valence-electron chi connectivity index (χ2n) is 6.09. The predicted molar refractivity (Wildman–Crippen MR) is 70.2 cm³/mol. The van der Waals surface area contributed by atoms with Crippen LogP contribution in [-0.4, -0.2) is 30.7 Å². The topological polar surface area (TPSA) is 41.1 Å². The van der Waals surface area contributed by atoms with Gasteiger partial charge in [-0.15, -0.1) is 0 Å². The maximum Gasteiger partial charge on any atom is 0.403 e. The van der Waals surface area contributed by atoms with Crippen LogP contribution in [0.1, 0.15) is 51.9 Å². The summed E-state index contributed by atoms with van der Waals surface area (Å²) in [4.78, 5) is 12.4. The van der Waals surface area contributed by atoms with Crippen molar-refractivity contribution in [3.63, 3.8) is 0 Å². The number of rotatable bonds is 3. The highest BCUT2D eigenvalue weighted by molar-refractivity contribution is 5.83. The van der Waals surface area contributed by atoms with Crippen LogP contribution in [-0.2, 0) is 4.79 Å². The van der Waals surface area contributed by atoms with Crippen molar-refractivity contribution in [3.8, 4) is 0 Å². The number of piperidine rings is 1. The third-order valence-corrected chi connectivity index (χ3v) is 4.86. The Balaban J connectivity index is 1.85. The van der Waals surface area contributed by atoms with E-state index < -0.39 is 12.2 Å². The quantitative estimate of drug-likeness (QED) is 0.840. The van der Waals surface area contributed by atoms with E-state index in [-0.39, 0.29) is 30.3 Å². The summed E-state index contributed by atoms with van der Waals surface area (Å²) in [6, 6.07) is -1.60. The Morgan fingerprint density at radius 3 is 2.40 bits per heavy atom. The van der Waals surface area contributed by atoms with E-state index in [0.29, 0.717) is 6.42 Å². The fourth-order valence-corrected chi connectivity index (χ4v) is 3.39. The van der Waals surface area contributed by atoms with Crippen LogP contribution in [0.5, 0.6) is 0 Å². The van der Waals surface area contributed by atoms with Gasteiger partial charge in [-0.2, -0.15) is 13.2 Å². The van der Waals surface area contributed by atoms with Crippen LogP contribution in [0.3, 0.4) is 0 Å². The van der Waals surface area contributed by atoms with E-state index in [1.54, 1.807) is 0 Å². The van der Waals surface area contributed by atoms with Crippen molar-refractivity contribution in [2.75, 3.05) is 6.54 Å². The van der Waals surface area contributed by atoms with E-state index in [1.807, 2.05) is 6.92 Å². The molecule has 2 N–H and O–H groups in total. The molecule has 2 fully saturated rings. The molecule has 0 aromatic rings. The first-order valence-corrected chi connectivity index (χ1v) is 7.48. The zero-order chi connectivity index (χ0) is 14.8. The maximum absolute atomic E-state index is 12.5. The predicted octanol–water partition coefficient (Wildman–Crippen LogP) is 2.76. The van der Waals surface area contributed by atoms with Crippen LogP contribution in [0.15, 0.2) is 0 Å². The number of nitrogens with one attached hydrogen (secondary N) is 2. The fraction of sp³-hybridized carbons (Fsp3) is 0.929. The molecule has 116 valence electrons. The monoisotopic (exact) mass is 292 g/mol. The molecule has 0 radical (unpaired) electrons. The minimum Gasteiger partial charge on any atom is -0.352 e. The lowest BCUT2D eigenvalue weighted by molar-refractivity contribution is -0.161. The van der Waals surface area contributed by atoms with E-state index in [1.165, 1.54) is 0 Å². The Morgan fingerprint density at radius 2 is 1.95 bits per heavy atom. The molecule has 3 nitrogen and oxygen atoms in total. The van der Waals surface area contributed by atoms with E-state index in [4.69, 9.17) is 0 Å². The summed E-state index contributed by atoms with van der Waals surface area (Å²) in [6.07, 6.45) is 0.994. The van der Waals surface area contributed by atoms with Crippen molar-refractivity contribution in [1.82, 2.24) is 10.6 Å². The lowest BCUT2D eigenvalue weighted by Gasteiger charge is -2.34. The van der Waals surface area contributed by atoms with Crippen LogP contribution < -0.4 is 10.6 Å². The second kappa shape index (κ2) is 5.92. The largest absolute Gasteiger partial charge is 0.403 e. The summed E-state index contributed by atoms with van der Waals surface area (Å²) in [5.74, 6) is 0.0368. The van der Waals surface area contributed by atoms with Crippen molar-refractivity contribution in [2.45, 2.75) is 70.1 Å². The smallest absolute Gasteiger partial charge is 0.352 e. The van der Waals surface area contributed by atoms with E-state index in [2.05, 4.69) is 10.6 Å². The lowest BCUT2D eigenvalue weighted by Crippen LogP contribution is -2.55. The summed E-state index contributed by atoms with van der Waals surface area (Å²) < 4.78 is 37.6. The normalized spacial score (nSPS) is 30.2. The molecule has 2 unspecified atom stereocenters. The third kappa shape index (κ3) is 3.27. The number of alkyl halides is 3. The Hall–Kier alpha value is -0.780. The summed E-state index contributed by atoms with van der Waals surface area (Å²) in [6.45, 7) is 2.22. The molecule has 0 aromatic heterocycles. The van der Waals surface area contributed by atoms with E-state index >= 15 is 0 Å². The number of hydrogen-bond donors (Lipinski definition) is 2. The Morgan fingerprint density at radius 1 is 1.30 bits per heavy atom. The second-order valence-corrected chi connectivity index (χ2v) is 6.09. The van der Waals surface area contributed by atoms with Gasteiger partial charge in [0.1, 0.15) is 6.04 Å². The number of carbonyl (C=O) groups excluding carboxylic acids is 1. The van der Waals surface area contributed by atoms with Gasteiger partial charge >= 0.3 is 6.18 Å². The fourth-order valence-electron chi connectivity index (χ4n) is 3.39. The summed E-state index contributed by atoms with van der Waals surface area (Å²) in [7, 11) is 0. The van der Waals surface area contributed by atoms with Crippen molar-refractivity contribution >= 4 is 5.91 Å². The highest BCUT2D eigenvalue weighted by Gasteiger charge is 2.43. The van der Waals surface area contributed by atoms with Gasteiger partial charge in [-0.3, -0.25) is 4.79 Å². The number of hydrogen-bond acceptors (Lipinski definition) is 2. The molecular formula is C14H23F3N2O. The molecule has 0 bridgehead atoms. The average molecular weight is 292 g/mol. The Bertz CT molecular complexity index is 343. The molecular weight excluding hydrogens is 269 g/mol. The average Bonchev–Trinajstić information content (AvgIpc) is 2.88. The number of carbonyl (C=O) groups is 1. The van der Waals surface area contributed by atoms with E-state index in [0.717, 1.165) is 32.1 Å². The van der Waals surface area contributed by atoms with Crippen molar-refractivity contribution < 1.29 is 18.0 Å². The Kier molecular flexibility index (Phi) is 4.62. The zero-order valence-corrected chi connectivity index (χ0v) is 11.9. The van der Waals surface area contributed by atoms with Crippen LogP contribution in [0.25, 0.3) is 0 Å². The van der Waals surface area contributed by atoms with Gasteiger partial charge in [0.15, 0.2) is 0 Å². The molecule has 1 aliphatic carbocycles. The third-order valence-electron chi connectivity index (χ3n) is 4.86. The first-order chi connectivity index (χ1) is 9.37. The first-order valence-electron chi connectivity index (χ1n) is 7.48. The van der Waals surface area contributed by atoms with Gasteiger partial charge in [0.25, 0.3) is 0 Å². The number of amides is 1. The van der Waals surface area contributed by atoms with Crippen molar-refractivity contribution in [3.05, 3.63) is 0 Å². The van der Waals surface area contributed by atoms with Gasteiger partial charge in [-0.1, -0.05) is 19.8 Å². The molecule has 2 rings (SSSR count). The van der Waals surface area contributed by atoms with Crippen LogP contribution >= 0.6 is 0 Å². The number of halogens is 3. The minimum absolute atomic E-state index is 0.0353. The molecule has 1 aliphatic heterocycles. The Labute approximate surface area is 117 Å². The molecule has 2 aliphatic rings.